The van der Waals surface area contributed by atoms with E-state index in [1.807, 2.05) is 12.2 Å². The van der Waals surface area contributed by atoms with Crippen LogP contribution in [0.5, 0.6) is 0 Å². The number of nitrogens with one attached hydrogen (secondary N) is 1. The summed E-state index contributed by atoms with van der Waals surface area (Å²) in [5.74, 6) is 0. The highest BCUT2D eigenvalue weighted by atomic mass is 35.5. The second kappa shape index (κ2) is 6.86. The molecular formula is C12H20ClN. The van der Waals surface area contributed by atoms with Crippen LogP contribution in [0, 0.1) is 0 Å². The van der Waals surface area contributed by atoms with Crippen LogP contribution >= 0.6 is 12.4 Å². The summed E-state index contributed by atoms with van der Waals surface area (Å²) < 4.78 is 0. The molecular weight excluding hydrogens is 194 g/mol. The van der Waals surface area contributed by atoms with Gasteiger partial charge in [-0.2, -0.15) is 0 Å². The molecule has 2 atom stereocenters. The predicted molar refractivity (Wildman–Crippen MR) is 66.0 cm³/mol. The van der Waals surface area contributed by atoms with Gasteiger partial charge in [-0.25, -0.2) is 0 Å². The summed E-state index contributed by atoms with van der Waals surface area (Å²) in [5, 5.41) is 3.57. The van der Waals surface area contributed by atoms with Crippen molar-refractivity contribution < 1.29 is 0 Å². The fraction of sp³-hybridized carbons (Fsp3) is 0.500. The van der Waals surface area contributed by atoms with E-state index >= 15 is 0 Å². The summed E-state index contributed by atoms with van der Waals surface area (Å²) in [6, 6.07) is 1.06. The first-order valence-corrected chi connectivity index (χ1v) is 4.91. The summed E-state index contributed by atoms with van der Waals surface area (Å²) in [6.45, 7) is 9.73. The highest BCUT2D eigenvalue weighted by molar-refractivity contribution is 5.85. The van der Waals surface area contributed by atoms with Gasteiger partial charge in [0.05, 0.1) is 0 Å². The maximum atomic E-state index is 3.77. The molecule has 0 saturated heterocycles. The van der Waals surface area contributed by atoms with Crippen molar-refractivity contribution >= 4 is 12.4 Å². The van der Waals surface area contributed by atoms with Gasteiger partial charge in [0, 0.05) is 12.1 Å². The van der Waals surface area contributed by atoms with Gasteiger partial charge in [0.1, 0.15) is 0 Å². The minimum atomic E-state index is 0. The van der Waals surface area contributed by atoms with E-state index < -0.39 is 0 Å². The Morgan fingerprint density at radius 3 is 2.64 bits per heavy atom. The summed E-state index contributed by atoms with van der Waals surface area (Å²) >= 11 is 0. The van der Waals surface area contributed by atoms with Gasteiger partial charge in [-0.15, -0.1) is 25.6 Å². The van der Waals surface area contributed by atoms with Gasteiger partial charge in [0.25, 0.3) is 0 Å². The third kappa shape index (κ3) is 4.12. The van der Waals surface area contributed by atoms with Gasteiger partial charge >= 0.3 is 0 Å². The highest BCUT2D eigenvalue weighted by Crippen LogP contribution is 2.17. The standard InChI is InChI=1S/C12H19N.ClH/c1-4-6-11-8-10(3)9-12(13-11)7-5-2;/h4-5,8,11-13H,1-2,6-7,9H2,3H3;1H/t11-,12-;/m0./s1. The van der Waals surface area contributed by atoms with Gasteiger partial charge < -0.3 is 5.32 Å². The Morgan fingerprint density at radius 1 is 1.43 bits per heavy atom. The molecule has 2 heteroatoms. The number of halogens is 1. The maximum Gasteiger partial charge on any atom is 0.0289 e. The van der Waals surface area contributed by atoms with Crippen molar-refractivity contribution in [2.75, 3.05) is 0 Å². The van der Waals surface area contributed by atoms with Gasteiger partial charge in [-0.05, 0) is 26.2 Å². The van der Waals surface area contributed by atoms with Crippen LogP contribution in [0.3, 0.4) is 0 Å². The van der Waals surface area contributed by atoms with Crippen LogP contribution in [-0.4, -0.2) is 12.1 Å². The van der Waals surface area contributed by atoms with Crippen molar-refractivity contribution in [3.05, 3.63) is 37.0 Å². The molecule has 0 spiro atoms. The normalized spacial score (nSPS) is 25.9. The molecule has 0 aliphatic carbocycles. The van der Waals surface area contributed by atoms with Crippen LogP contribution in [0.2, 0.25) is 0 Å². The van der Waals surface area contributed by atoms with Crippen LogP contribution in [0.4, 0.5) is 0 Å². The molecule has 0 unspecified atom stereocenters. The molecule has 80 valence electrons. The Hall–Kier alpha value is -0.530. The summed E-state index contributed by atoms with van der Waals surface area (Å²) in [6.07, 6.45) is 9.49. The molecule has 14 heavy (non-hydrogen) atoms. The third-order valence-electron chi connectivity index (χ3n) is 2.38. The van der Waals surface area contributed by atoms with Crippen LogP contribution < -0.4 is 5.32 Å². The van der Waals surface area contributed by atoms with Crippen molar-refractivity contribution in [2.45, 2.75) is 38.3 Å². The monoisotopic (exact) mass is 213 g/mol. The maximum absolute atomic E-state index is 3.77. The zero-order valence-corrected chi connectivity index (χ0v) is 9.65. The first-order chi connectivity index (χ1) is 6.26. The first kappa shape index (κ1) is 13.5. The Morgan fingerprint density at radius 2 is 2.07 bits per heavy atom. The first-order valence-electron chi connectivity index (χ1n) is 4.91. The van der Waals surface area contributed by atoms with E-state index in [-0.39, 0.29) is 12.4 Å². The molecule has 0 radical (unpaired) electrons. The zero-order chi connectivity index (χ0) is 9.68. The summed E-state index contributed by atoms with van der Waals surface area (Å²) in [7, 11) is 0. The van der Waals surface area contributed by atoms with E-state index in [0.29, 0.717) is 12.1 Å². The van der Waals surface area contributed by atoms with Gasteiger partial charge in [0.2, 0.25) is 0 Å². The minimum Gasteiger partial charge on any atom is -0.307 e. The largest absolute Gasteiger partial charge is 0.307 e. The topological polar surface area (TPSA) is 12.0 Å². The van der Waals surface area contributed by atoms with Crippen molar-refractivity contribution in [1.29, 1.82) is 0 Å². The summed E-state index contributed by atoms with van der Waals surface area (Å²) in [5.41, 5.74) is 1.48. The molecule has 1 rings (SSSR count). The number of hydrogen-bond donors (Lipinski definition) is 1. The van der Waals surface area contributed by atoms with Crippen molar-refractivity contribution in [2.24, 2.45) is 0 Å². The number of rotatable bonds is 4. The zero-order valence-electron chi connectivity index (χ0n) is 8.83. The molecule has 0 aromatic carbocycles. The van der Waals surface area contributed by atoms with E-state index in [4.69, 9.17) is 0 Å². The molecule has 1 aliphatic rings. The van der Waals surface area contributed by atoms with Crippen molar-refractivity contribution in [3.8, 4) is 0 Å². The van der Waals surface area contributed by atoms with E-state index in [1.54, 1.807) is 0 Å². The molecule has 1 N–H and O–H groups in total. The van der Waals surface area contributed by atoms with E-state index in [2.05, 4.69) is 31.5 Å². The lowest BCUT2D eigenvalue weighted by atomic mass is 9.95. The molecule has 0 aromatic rings. The minimum absolute atomic E-state index is 0. The van der Waals surface area contributed by atoms with Crippen LogP contribution in [-0.2, 0) is 0 Å². The second-order valence-corrected chi connectivity index (χ2v) is 3.74. The molecule has 0 bridgehead atoms. The molecule has 0 aromatic heterocycles. The second-order valence-electron chi connectivity index (χ2n) is 3.74. The average Bonchev–Trinajstić information content (AvgIpc) is 2.04. The average molecular weight is 214 g/mol. The number of hydrogen-bond acceptors (Lipinski definition) is 1. The fourth-order valence-corrected chi connectivity index (χ4v) is 1.88. The molecule has 0 amide bonds. The molecule has 1 nitrogen and oxygen atoms in total. The lowest BCUT2D eigenvalue weighted by Gasteiger charge is -2.28. The van der Waals surface area contributed by atoms with E-state index in [0.717, 1.165) is 19.3 Å². The van der Waals surface area contributed by atoms with E-state index in [1.165, 1.54) is 5.57 Å². The van der Waals surface area contributed by atoms with Crippen molar-refractivity contribution in [3.63, 3.8) is 0 Å². The van der Waals surface area contributed by atoms with Gasteiger partial charge in [-0.1, -0.05) is 23.8 Å². The molecule has 0 fully saturated rings. The smallest absolute Gasteiger partial charge is 0.0289 e. The van der Waals surface area contributed by atoms with Crippen LogP contribution in [0.25, 0.3) is 0 Å². The molecule has 1 heterocycles. The Balaban J connectivity index is 0.00000169. The highest BCUT2D eigenvalue weighted by Gasteiger charge is 2.17. The fourth-order valence-electron chi connectivity index (χ4n) is 1.88. The van der Waals surface area contributed by atoms with Crippen LogP contribution in [0.15, 0.2) is 37.0 Å². The summed E-state index contributed by atoms with van der Waals surface area (Å²) in [4.78, 5) is 0. The van der Waals surface area contributed by atoms with Crippen LogP contribution in [0.1, 0.15) is 26.2 Å². The third-order valence-corrected chi connectivity index (χ3v) is 2.38. The predicted octanol–water partition coefficient (Wildman–Crippen LogP) is 3.24. The SMILES string of the molecule is C=CC[C@H]1CC(C)=C[C@H](CC=C)N1.Cl. The van der Waals surface area contributed by atoms with Gasteiger partial charge in [-0.3, -0.25) is 0 Å². The molecule has 0 saturated carbocycles. The Kier molecular flexibility index (Phi) is 6.60. The van der Waals surface area contributed by atoms with Crippen molar-refractivity contribution in [1.82, 2.24) is 5.32 Å². The lowest BCUT2D eigenvalue weighted by molar-refractivity contribution is 0.444. The van der Waals surface area contributed by atoms with E-state index in [9.17, 15) is 0 Å². The lowest BCUT2D eigenvalue weighted by Crippen LogP contribution is -2.40. The molecule has 1 aliphatic heterocycles. The quantitative estimate of drug-likeness (QED) is 0.708. The Labute approximate surface area is 93.4 Å². The Bertz CT molecular complexity index is 220. The van der Waals surface area contributed by atoms with Gasteiger partial charge in [0.15, 0.2) is 0 Å².